The number of nitrogens with two attached hydrogens (primary N) is 1. The molecule has 4 rings (SSSR count). The molecule has 0 unspecified atom stereocenters. The summed E-state index contributed by atoms with van der Waals surface area (Å²) in [4.78, 5) is 17.0. The lowest BCUT2D eigenvalue weighted by Gasteiger charge is -2.27. The maximum Gasteiger partial charge on any atom is 0.220 e. The summed E-state index contributed by atoms with van der Waals surface area (Å²) in [5.74, 6) is 0.360. The number of hydrogen-bond acceptors (Lipinski definition) is 6. The third-order valence-corrected chi connectivity index (χ3v) is 5.35. The van der Waals surface area contributed by atoms with Crippen molar-refractivity contribution in [2.75, 3.05) is 18.5 Å². The lowest BCUT2D eigenvalue weighted by atomic mass is 10.1. The van der Waals surface area contributed by atoms with Gasteiger partial charge in [0, 0.05) is 48.3 Å². The average molecular weight is 363 g/mol. The highest BCUT2D eigenvalue weighted by molar-refractivity contribution is 7.98. The Kier molecular flexibility index (Phi) is 4.86. The van der Waals surface area contributed by atoms with Crippen LogP contribution in [0.5, 0.6) is 0 Å². The van der Waals surface area contributed by atoms with E-state index in [4.69, 9.17) is 10.7 Å². The maximum absolute atomic E-state index is 5.68. The second-order valence-electron chi connectivity index (χ2n) is 6.40. The molecule has 132 valence electrons. The van der Waals surface area contributed by atoms with Crippen molar-refractivity contribution in [2.45, 2.75) is 24.4 Å². The molecule has 1 aliphatic heterocycles. The van der Waals surface area contributed by atoms with Gasteiger partial charge in [-0.05, 0) is 30.5 Å². The molecule has 0 amide bonds. The Morgan fingerprint density at radius 1 is 1.12 bits per heavy atom. The number of thioether (sulfide) groups is 1. The van der Waals surface area contributed by atoms with Crippen LogP contribution in [-0.4, -0.2) is 32.7 Å². The summed E-state index contributed by atoms with van der Waals surface area (Å²) in [7, 11) is 0. The SMILES string of the molecule is CSc1ccc(-c2cccc(CN3CCc4nc(N)ncc4C3)n2)cc1. The molecule has 6 heteroatoms. The standard InChI is InChI=1S/C20H21N5S/c1-26-17-7-5-14(6-8-17)18-4-2-3-16(23-18)13-25-10-9-19-15(12-25)11-22-20(21)24-19/h2-8,11H,9-10,12-13H2,1H3,(H2,21,22,24). The van der Waals surface area contributed by atoms with Crippen molar-refractivity contribution >= 4 is 17.7 Å². The monoisotopic (exact) mass is 363 g/mol. The summed E-state index contributed by atoms with van der Waals surface area (Å²) in [5, 5.41) is 0. The minimum atomic E-state index is 0.360. The van der Waals surface area contributed by atoms with Gasteiger partial charge in [-0.15, -0.1) is 11.8 Å². The van der Waals surface area contributed by atoms with Gasteiger partial charge in [0.05, 0.1) is 17.1 Å². The Balaban J connectivity index is 1.49. The summed E-state index contributed by atoms with van der Waals surface area (Å²) < 4.78 is 0. The first-order valence-corrected chi connectivity index (χ1v) is 9.87. The molecule has 2 N–H and O–H groups in total. The minimum absolute atomic E-state index is 0.360. The van der Waals surface area contributed by atoms with E-state index in [9.17, 15) is 0 Å². The van der Waals surface area contributed by atoms with Crippen molar-refractivity contribution in [2.24, 2.45) is 0 Å². The van der Waals surface area contributed by atoms with Crippen LogP contribution < -0.4 is 5.73 Å². The van der Waals surface area contributed by atoms with Crippen LogP contribution >= 0.6 is 11.8 Å². The fourth-order valence-corrected chi connectivity index (χ4v) is 3.65. The molecule has 0 bridgehead atoms. The zero-order valence-corrected chi connectivity index (χ0v) is 15.5. The molecule has 2 aromatic heterocycles. The molecule has 0 fully saturated rings. The van der Waals surface area contributed by atoms with Crippen LogP contribution in [0.15, 0.2) is 53.6 Å². The first kappa shape index (κ1) is 17.0. The first-order chi connectivity index (χ1) is 12.7. The first-order valence-electron chi connectivity index (χ1n) is 8.64. The Bertz CT molecular complexity index is 910. The van der Waals surface area contributed by atoms with E-state index in [1.807, 2.05) is 6.20 Å². The van der Waals surface area contributed by atoms with E-state index >= 15 is 0 Å². The molecule has 26 heavy (non-hydrogen) atoms. The van der Waals surface area contributed by atoms with Gasteiger partial charge in [0.25, 0.3) is 0 Å². The minimum Gasteiger partial charge on any atom is -0.368 e. The van der Waals surface area contributed by atoms with Crippen molar-refractivity contribution in [3.8, 4) is 11.3 Å². The number of hydrogen-bond donors (Lipinski definition) is 1. The number of anilines is 1. The van der Waals surface area contributed by atoms with Crippen LogP contribution in [0.2, 0.25) is 0 Å². The Morgan fingerprint density at radius 3 is 2.77 bits per heavy atom. The van der Waals surface area contributed by atoms with Gasteiger partial charge in [-0.25, -0.2) is 9.97 Å². The van der Waals surface area contributed by atoms with Crippen LogP contribution in [-0.2, 0) is 19.5 Å². The van der Waals surface area contributed by atoms with E-state index in [0.717, 1.165) is 54.3 Å². The van der Waals surface area contributed by atoms with Crippen molar-refractivity contribution in [1.29, 1.82) is 0 Å². The molecular weight excluding hydrogens is 342 g/mol. The summed E-state index contributed by atoms with van der Waals surface area (Å²) in [5.41, 5.74) is 11.2. The third kappa shape index (κ3) is 3.71. The van der Waals surface area contributed by atoms with E-state index in [2.05, 4.69) is 63.6 Å². The second-order valence-corrected chi connectivity index (χ2v) is 7.28. The van der Waals surface area contributed by atoms with E-state index in [1.54, 1.807) is 11.8 Å². The number of pyridine rings is 1. The fraction of sp³-hybridized carbons (Fsp3) is 0.250. The fourth-order valence-electron chi connectivity index (χ4n) is 3.24. The van der Waals surface area contributed by atoms with Crippen LogP contribution in [0.25, 0.3) is 11.3 Å². The Labute approximate surface area is 157 Å². The molecule has 0 radical (unpaired) electrons. The van der Waals surface area contributed by atoms with Gasteiger partial charge in [-0.1, -0.05) is 18.2 Å². The highest BCUT2D eigenvalue weighted by Gasteiger charge is 2.18. The van der Waals surface area contributed by atoms with Gasteiger partial charge < -0.3 is 5.73 Å². The summed E-state index contributed by atoms with van der Waals surface area (Å²) >= 11 is 1.75. The smallest absolute Gasteiger partial charge is 0.220 e. The van der Waals surface area contributed by atoms with Gasteiger partial charge >= 0.3 is 0 Å². The maximum atomic E-state index is 5.68. The number of rotatable bonds is 4. The lowest BCUT2D eigenvalue weighted by Crippen LogP contribution is -2.31. The zero-order valence-electron chi connectivity index (χ0n) is 14.7. The van der Waals surface area contributed by atoms with Gasteiger partial charge in [-0.3, -0.25) is 9.88 Å². The Morgan fingerprint density at radius 2 is 1.96 bits per heavy atom. The molecule has 5 nitrogen and oxygen atoms in total. The number of benzene rings is 1. The van der Waals surface area contributed by atoms with Gasteiger partial charge in [0.1, 0.15) is 0 Å². The number of nitrogens with zero attached hydrogens (tertiary/aromatic N) is 4. The lowest BCUT2D eigenvalue weighted by molar-refractivity contribution is 0.240. The largest absolute Gasteiger partial charge is 0.368 e. The predicted molar refractivity (Wildman–Crippen MR) is 106 cm³/mol. The highest BCUT2D eigenvalue weighted by Crippen LogP contribution is 2.23. The summed E-state index contributed by atoms with van der Waals surface area (Å²) in [6.07, 6.45) is 4.84. The van der Waals surface area contributed by atoms with Crippen LogP contribution in [0.3, 0.4) is 0 Å². The molecule has 0 atom stereocenters. The van der Waals surface area contributed by atoms with Crippen molar-refractivity contribution in [3.63, 3.8) is 0 Å². The molecular formula is C20H21N5S. The van der Waals surface area contributed by atoms with Crippen LogP contribution in [0.4, 0.5) is 5.95 Å². The molecule has 0 spiro atoms. The van der Waals surface area contributed by atoms with E-state index < -0.39 is 0 Å². The molecule has 1 aromatic carbocycles. The predicted octanol–water partition coefficient (Wildman–Crippen LogP) is 3.40. The van der Waals surface area contributed by atoms with Crippen molar-refractivity contribution in [3.05, 3.63) is 65.6 Å². The molecule has 3 aromatic rings. The zero-order chi connectivity index (χ0) is 17.9. The Hall–Kier alpha value is -2.44. The van der Waals surface area contributed by atoms with Gasteiger partial charge in [0.2, 0.25) is 5.95 Å². The second kappa shape index (κ2) is 7.43. The quantitative estimate of drug-likeness (QED) is 0.717. The van der Waals surface area contributed by atoms with Crippen LogP contribution in [0, 0.1) is 0 Å². The third-order valence-electron chi connectivity index (χ3n) is 4.61. The topological polar surface area (TPSA) is 67.9 Å². The average Bonchev–Trinajstić information content (AvgIpc) is 2.68. The van der Waals surface area contributed by atoms with Crippen LogP contribution in [0.1, 0.15) is 17.0 Å². The molecule has 0 saturated heterocycles. The van der Waals surface area contributed by atoms with Crippen molar-refractivity contribution < 1.29 is 0 Å². The molecule has 0 saturated carbocycles. The number of fused-ring (bicyclic) bond motifs is 1. The van der Waals surface area contributed by atoms with E-state index in [1.165, 1.54) is 4.90 Å². The van der Waals surface area contributed by atoms with E-state index in [0.29, 0.717) is 5.95 Å². The van der Waals surface area contributed by atoms with Gasteiger partial charge in [-0.2, -0.15) is 0 Å². The normalized spacial score (nSPS) is 14.2. The number of nitrogen functional groups attached to an aromatic ring is 1. The molecule has 3 heterocycles. The summed E-state index contributed by atoms with van der Waals surface area (Å²) in [6, 6.07) is 14.8. The highest BCUT2D eigenvalue weighted by atomic mass is 32.2. The van der Waals surface area contributed by atoms with E-state index in [-0.39, 0.29) is 0 Å². The number of aromatic nitrogens is 3. The van der Waals surface area contributed by atoms with Crippen molar-refractivity contribution in [1.82, 2.24) is 19.9 Å². The van der Waals surface area contributed by atoms with Gasteiger partial charge in [0.15, 0.2) is 0 Å². The summed E-state index contributed by atoms with van der Waals surface area (Å²) in [6.45, 7) is 2.61. The molecule has 0 aliphatic carbocycles. The molecule has 1 aliphatic rings.